The zero-order valence-electron chi connectivity index (χ0n) is 12.1. The minimum absolute atomic E-state index is 0.265. The van der Waals surface area contributed by atoms with E-state index < -0.39 is 12.4 Å². The number of aliphatic hydroxyl groups is 1. The molecule has 1 aromatic rings. The summed E-state index contributed by atoms with van der Waals surface area (Å²) in [5.41, 5.74) is 0.540. The second-order valence-corrected chi connectivity index (χ2v) is 5.85. The van der Waals surface area contributed by atoms with Crippen LogP contribution in [0.25, 0.3) is 0 Å². The smallest absolute Gasteiger partial charge is 0.330 e. The first-order chi connectivity index (χ1) is 10.5. The van der Waals surface area contributed by atoms with Crippen LogP contribution in [0.4, 0.5) is 19.3 Å². The molecular weight excluding hydrogens is 405 g/mol. The quantitative estimate of drug-likeness (QED) is 0.369. The molecule has 0 atom stereocenters. The molecular formula is C15H19F2IN2O2. The molecule has 7 heteroatoms. The molecule has 1 aromatic carbocycles. The molecule has 1 rings (SSSR count). The number of benzene rings is 1. The maximum Gasteiger partial charge on any atom is 0.330 e. The predicted octanol–water partition coefficient (Wildman–Crippen LogP) is 4.42. The topological polar surface area (TPSA) is 52.6 Å². The van der Waals surface area contributed by atoms with Crippen molar-refractivity contribution in [3.05, 3.63) is 42.0 Å². The number of aliphatic hydroxyl groups excluding tert-OH is 1. The van der Waals surface area contributed by atoms with E-state index in [2.05, 4.69) is 5.32 Å². The van der Waals surface area contributed by atoms with E-state index in [1.807, 2.05) is 22.9 Å². The van der Waals surface area contributed by atoms with Gasteiger partial charge in [-0.3, -0.25) is 3.11 Å². The normalized spacial score (nSPS) is 11.4. The SMILES string of the molecule is O=C(Nc1ccc(F)cc1)N(I)CCCCCC=C(F)CO. The molecule has 2 amide bonds. The van der Waals surface area contributed by atoms with E-state index in [0.29, 0.717) is 18.7 Å². The number of anilines is 1. The van der Waals surface area contributed by atoms with E-state index in [0.717, 1.165) is 19.3 Å². The molecule has 122 valence electrons. The van der Waals surface area contributed by atoms with E-state index in [1.54, 1.807) is 0 Å². The number of carbonyl (C=O) groups is 1. The summed E-state index contributed by atoms with van der Waals surface area (Å²) in [7, 11) is 0. The second-order valence-electron chi connectivity index (χ2n) is 4.68. The number of allylic oxidation sites excluding steroid dienone is 1. The van der Waals surface area contributed by atoms with Crippen LogP contribution in [0.3, 0.4) is 0 Å². The number of nitrogens with zero attached hydrogens (tertiary/aromatic N) is 1. The van der Waals surface area contributed by atoms with E-state index in [4.69, 9.17) is 5.11 Å². The molecule has 0 unspecified atom stereocenters. The molecule has 0 radical (unpaired) electrons. The monoisotopic (exact) mass is 424 g/mol. The van der Waals surface area contributed by atoms with Gasteiger partial charge in [0.25, 0.3) is 0 Å². The van der Waals surface area contributed by atoms with Crippen LogP contribution in [-0.4, -0.2) is 27.4 Å². The van der Waals surface area contributed by atoms with E-state index in [1.165, 1.54) is 33.5 Å². The zero-order chi connectivity index (χ0) is 16.4. The first kappa shape index (κ1) is 18.8. The molecule has 0 fully saturated rings. The fourth-order valence-electron chi connectivity index (χ4n) is 1.71. The molecule has 0 bridgehead atoms. The number of amides is 2. The Labute approximate surface area is 142 Å². The van der Waals surface area contributed by atoms with E-state index in [-0.39, 0.29) is 11.8 Å². The predicted molar refractivity (Wildman–Crippen MR) is 90.9 cm³/mol. The third-order valence-electron chi connectivity index (χ3n) is 2.89. The Kier molecular flexibility index (Phi) is 8.98. The van der Waals surface area contributed by atoms with Gasteiger partial charge in [-0.1, -0.05) is 12.5 Å². The van der Waals surface area contributed by atoms with Crippen LogP contribution in [-0.2, 0) is 0 Å². The standard InChI is InChI=1S/C15H19F2IN2O2/c16-12-6-8-14(9-7-12)19-15(22)20(18)10-4-2-1-3-5-13(17)11-21/h5-9,21H,1-4,10-11H2,(H,19,22). The Balaban J connectivity index is 2.20. The van der Waals surface area contributed by atoms with Crippen molar-refractivity contribution in [2.24, 2.45) is 0 Å². The Hall–Kier alpha value is -1.22. The van der Waals surface area contributed by atoms with Crippen LogP contribution in [0.2, 0.25) is 0 Å². The van der Waals surface area contributed by atoms with Crippen molar-refractivity contribution in [1.29, 1.82) is 0 Å². The van der Waals surface area contributed by atoms with Gasteiger partial charge >= 0.3 is 6.03 Å². The Morgan fingerprint density at radius 3 is 2.59 bits per heavy atom. The highest BCUT2D eigenvalue weighted by atomic mass is 127. The molecule has 0 aliphatic carbocycles. The number of halogens is 3. The van der Waals surface area contributed by atoms with Gasteiger partial charge in [-0.05, 0) is 43.5 Å². The summed E-state index contributed by atoms with van der Waals surface area (Å²) >= 11 is 1.92. The van der Waals surface area contributed by atoms with Crippen molar-refractivity contribution < 1.29 is 18.7 Å². The highest BCUT2D eigenvalue weighted by molar-refractivity contribution is 14.1. The summed E-state index contributed by atoms with van der Waals surface area (Å²) in [4.78, 5) is 11.9. The minimum atomic E-state index is -0.551. The highest BCUT2D eigenvalue weighted by Crippen LogP contribution is 2.12. The molecule has 0 saturated carbocycles. The molecule has 2 N–H and O–H groups in total. The Morgan fingerprint density at radius 1 is 1.27 bits per heavy atom. The molecule has 0 aliphatic heterocycles. The van der Waals surface area contributed by atoms with Crippen LogP contribution >= 0.6 is 22.9 Å². The van der Waals surface area contributed by atoms with Gasteiger partial charge in [-0.15, -0.1) is 0 Å². The summed E-state index contributed by atoms with van der Waals surface area (Å²) in [5, 5.41) is 11.2. The summed E-state index contributed by atoms with van der Waals surface area (Å²) in [6, 6.07) is 5.30. The third-order valence-corrected chi connectivity index (χ3v) is 3.81. The molecule has 0 aliphatic rings. The van der Waals surface area contributed by atoms with Crippen LogP contribution in [0, 0.1) is 5.82 Å². The lowest BCUT2D eigenvalue weighted by Gasteiger charge is -2.15. The van der Waals surface area contributed by atoms with Crippen molar-refractivity contribution >= 4 is 34.6 Å². The lowest BCUT2D eigenvalue weighted by molar-refractivity contribution is 0.241. The van der Waals surface area contributed by atoms with Gasteiger partial charge in [0, 0.05) is 12.2 Å². The minimum Gasteiger partial charge on any atom is -0.389 e. The van der Waals surface area contributed by atoms with Gasteiger partial charge < -0.3 is 10.4 Å². The number of carbonyl (C=O) groups excluding carboxylic acids is 1. The van der Waals surface area contributed by atoms with Gasteiger partial charge in [0.15, 0.2) is 0 Å². The zero-order valence-corrected chi connectivity index (χ0v) is 14.2. The fourth-order valence-corrected chi connectivity index (χ4v) is 2.18. The highest BCUT2D eigenvalue weighted by Gasteiger charge is 2.09. The van der Waals surface area contributed by atoms with E-state index >= 15 is 0 Å². The van der Waals surface area contributed by atoms with Crippen LogP contribution in [0.5, 0.6) is 0 Å². The molecule has 4 nitrogen and oxygen atoms in total. The Morgan fingerprint density at radius 2 is 1.95 bits per heavy atom. The maximum atomic E-state index is 12.8. The summed E-state index contributed by atoms with van der Waals surface area (Å²) in [5.74, 6) is -0.856. The fraction of sp³-hybridized carbons (Fsp3) is 0.400. The summed E-state index contributed by atoms with van der Waals surface area (Å²) in [6.07, 6.45) is 4.42. The first-order valence-corrected chi connectivity index (χ1v) is 7.94. The summed E-state index contributed by atoms with van der Waals surface area (Å²) in [6.45, 7) is 0.0187. The number of rotatable bonds is 8. The van der Waals surface area contributed by atoms with Crippen molar-refractivity contribution in [2.45, 2.75) is 25.7 Å². The lowest BCUT2D eigenvalue weighted by Crippen LogP contribution is -2.27. The summed E-state index contributed by atoms with van der Waals surface area (Å²) < 4.78 is 26.9. The molecule has 0 saturated heterocycles. The van der Waals surface area contributed by atoms with Crippen molar-refractivity contribution in [3.63, 3.8) is 0 Å². The number of urea groups is 1. The van der Waals surface area contributed by atoms with Gasteiger partial charge in [0.2, 0.25) is 0 Å². The Bertz CT molecular complexity index is 495. The number of nitrogens with one attached hydrogen (secondary N) is 1. The molecule has 22 heavy (non-hydrogen) atoms. The number of unbranched alkanes of at least 4 members (excludes halogenated alkanes) is 3. The third kappa shape index (κ3) is 7.69. The van der Waals surface area contributed by atoms with Gasteiger partial charge in [-0.25, -0.2) is 13.6 Å². The van der Waals surface area contributed by atoms with Gasteiger partial charge in [-0.2, -0.15) is 0 Å². The first-order valence-electron chi connectivity index (χ1n) is 6.98. The second kappa shape index (κ2) is 10.5. The lowest BCUT2D eigenvalue weighted by atomic mass is 10.2. The van der Waals surface area contributed by atoms with Crippen molar-refractivity contribution in [1.82, 2.24) is 3.11 Å². The average molecular weight is 424 g/mol. The molecule has 0 aromatic heterocycles. The largest absolute Gasteiger partial charge is 0.389 e. The van der Waals surface area contributed by atoms with Gasteiger partial charge in [0.05, 0.1) is 29.5 Å². The number of hydrogen-bond donors (Lipinski definition) is 2. The van der Waals surface area contributed by atoms with Crippen LogP contribution in [0.15, 0.2) is 36.2 Å². The van der Waals surface area contributed by atoms with Crippen LogP contribution < -0.4 is 5.32 Å². The molecule has 0 spiro atoms. The maximum absolute atomic E-state index is 12.8. The molecule has 0 heterocycles. The van der Waals surface area contributed by atoms with Gasteiger partial charge in [0.1, 0.15) is 11.6 Å². The number of hydrogen-bond acceptors (Lipinski definition) is 2. The van der Waals surface area contributed by atoms with Crippen LogP contribution in [0.1, 0.15) is 25.7 Å². The van der Waals surface area contributed by atoms with Crippen molar-refractivity contribution in [2.75, 3.05) is 18.5 Å². The average Bonchev–Trinajstić information content (AvgIpc) is 2.52. The van der Waals surface area contributed by atoms with Crippen molar-refractivity contribution in [3.8, 4) is 0 Å². The van der Waals surface area contributed by atoms with E-state index in [9.17, 15) is 13.6 Å².